The molecular weight excluding hydrogens is 170 g/mol. The molecule has 2 aliphatic rings. The van der Waals surface area contributed by atoms with E-state index in [-0.39, 0.29) is 0 Å². The minimum absolute atomic E-state index is 0.438. The lowest BCUT2D eigenvalue weighted by molar-refractivity contribution is -0.0997. The maximum absolute atomic E-state index is 5.21. The minimum Gasteiger partial charge on any atom is -0.380 e. The highest BCUT2D eigenvalue weighted by Crippen LogP contribution is 2.26. The minimum atomic E-state index is 0.438. The van der Waals surface area contributed by atoms with Crippen LogP contribution < -0.4 is 5.32 Å². The summed E-state index contributed by atoms with van der Waals surface area (Å²) in [5, 5.41) is 3.62. The van der Waals surface area contributed by atoms with Crippen LogP contribution in [0.4, 0.5) is 0 Å². The summed E-state index contributed by atoms with van der Waals surface area (Å²) >= 11 is 2.06. The highest BCUT2D eigenvalue weighted by Gasteiger charge is 2.33. The summed E-state index contributed by atoms with van der Waals surface area (Å²) in [7, 11) is 0. The average molecular weight is 187 g/mol. The molecular formula is C9H17NOS. The van der Waals surface area contributed by atoms with E-state index in [1.54, 1.807) is 0 Å². The number of rotatable bonds is 3. The van der Waals surface area contributed by atoms with Crippen LogP contribution in [0.25, 0.3) is 0 Å². The third-order valence-electron chi connectivity index (χ3n) is 2.65. The molecule has 2 rings (SSSR count). The Morgan fingerprint density at radius 3 is 2.92 bits per heavy atom. The van der Waals surface area contributed by atoms with Crippen molar-refractivity contribution in [3.8, 4) is 0 Å². The molecule has 0 saturated carbocycles. The summed E-state index contributed by atoms with van der Waals surface area (Å²) in [4.78, 5) is 0. The number of nitrogens with one attached hydrogen (secondary N) is 1. The predicted octanol–water partition coefficient (Wildman–Crippen LogP) is 1.12. The van der Waals surface area contributed by atoms with Crippen molar-refractivity contribution < 1.29 is 4.74 Å². The molecule has 0 aromatic heterocycles. The third kappa shape index (κ3) is 1.95. The van der Waals surface area contributed by atoms with E-state index in [1.807, 2.05) is 0 Å². The first kappa shape index (κ1) is 8.85. The first-order chi connectivity index (χ1) is 5.79. The van der Waals surface area contributed by atoms with E-state index < -0.39 is 0 Å². The van der Waals surface area contributed by atoms with Gasteiger partial charge in [0.2, 0.25) is 0 Å². The molecule has 0 aromatic rings. The lowest BCUT2D eigenvalue weighted by Gasteiger charge is -2.38. The molecule has 0 amide bonds. The predicted molar refractivity (Wildman–Crippen MR) is 52.7 cm³/mol. The molecule has 1 unspecified atom stereocenters. The van der Waals surface area contributed by atoms with Gasteiger partial charge < -0.3 is 10.1 Å². The van der Waals surface area contributed by atoms with Gasteiger partial charge in [-0.2, -0.15) is 11.8 Å². The average Bonchev–Trinajstić information content (AvgIpc) is 2.49. The summed E-state index contributed by atoms with van der Waals surface area (Å²) in [6.45, 7) is 5.32. The fourth-order valence-corrected chi connectivity index (χ4v) is 2.83. The van der Waals surface area contributed by atoms with Gasteiger partial charge in [0.1, 0.15) is 0 Å². The van der Waals surface area contributed by atoms with Gasteiger partial charge in [0.25, 0.3) is 0 Å². The van der Waals surface area contributed by atoms with Crippen LogP contribution in [-0.2, 0) is 4.74 Å². The zero-order chi connectivity index (χ0) is 8.44. The van der Waals surface area contributed by atoms with Gasteiger partial charge >= 0.3 is 0 Å². The Bertz CT molecular complexity index is 153. The highest BCUT2D eigenvalue weighted by molar-refractivity contribution is 7.99. The second-order valence-electron chi connectivity index (χ2n) is 4.24. The molecule has 0 spiro atoms. The molecule has 2 fully saturated rings. The zero-order valence-electron chi connectivity index (χ0n) is 7.64. The molecule has 2 heterocycles. The summed E-state index contributed by atoms with van der Waals surface area (Å²) < 4.78 is 5.21. The Kier molecular flexibility index (Phi) is 2.63. The molecule has 1 atom stereocenters. The molecule has 2 nitrogen and oxygen atoms in total. The van der Waals surface area contributed by atoms with Gasteiger partial charge in [-0.3, -0.25) is 0 Å². The molecule has 0 aromatic carbocycles. The first-order valence-electron chi connectivity index (χ1n) is 4.67. The number of thioether (sulfide) groups is 1. The van der Waals surface area contributed by atoms with Crippen LogP contribution in [-0.4, -0.2) is 37.3 Å². The molecule has 3 heteroatoms. The molecule has 0 bridgehead atoms. The quantitative estimate of drug-likeness (QED) is 0.715. The van der Waals surface area contributed by atoms with Crippen molar-refractivity contribution in [1.29, 1.82) is 0 Å². The fourth-order valence-electron chi connectivity index (χ4n) is 1.64. The maximum atomic E-state index is 5.21. The van der Waals surface area contributed by atoms with Crippen LogP contribution in [0, 0.1) is 5.41 Å². The molecule has 1 N–H and O–H groups in total. The van der Waals surface area contributed by atoms with Crippen LogP contribution in [0.2, 0.25) is 0 Å². The molecule has 0 aliphatic carbocycles. The lowest BCUT2D eigenvalue weighted by Crippen LogP contribution is -2.49. The highest BCUT2D eigenvalue weighted by atomic mass is 32.2. The number of ether oxygens (including phenoxy) is 1. The second-order valence-corrected chi connectivity index (χ2v) is 5.39. The summed E-state index contributed by atoms with van der Waals surface area (Å²) in [6, 6.07) is 0.771. The van der Waals surface area contributed by atoms with Gasteiger partial charge in [0, 0.05) is 23.8 Å². The lowest BCUT2D eigenvalue weighted by atomic mass is 9.88. The van der Waals surface area contributed by atoms with Crippen molar-refractivity contribution in [1.82, 2.24) is 5.32 Å². The van der Waals surface area contributed by atoms with Gasteiger partial charge in [0.15, 0.2) is 0 Å². The zero-order valence-corrected chi connectivity index (χ0v) is 8.45. The number of hydrogen-bond acceptors (Lipinski definition) is 3. The van der Waals surface area contributed by atoms with Crippen LogP contribution in [0.3, 0.4) is 0 Å². The van der Waals surface area contributed by atoms with Crippen molar-refractivity contribution in [2.45, 2.75) is 19.4 Å². The summed E-state index contributed by atoms with van der Waals surface area (Å²) in [5.41, 5.74) is 0.438. The Labute approximate surface area is 78.4 Å². The first-order valence-corrected chi connectivity index (χ1v) is 5.83. The van der Waals surface area contributed by atoms with Gasteiger partial charge in [0.05, 0.1) is 13.2 Å². The van der Waals surface area contributed by atoms with Gasteiger partial charge in [-0.05, 0) is 12.2 Å². The van der Waals surface area contributed by atoms with Gasteiger partial charge in [-0.25, -0.2) is 0 Å². The Hall–Kier alpha value is 0.270. The van der Waals surface area contributed by atoms with E-state index >= 15 is 0 Å². The van der Waals surface area contributed by atoms with Gasteiger partial charge in [-0.1, -0.05) is 6.92 Å². The molecule has 2 aliphatic heterocycles. The van der Waals surface area contributed by atoms with E-state index in [0.29, 0.717) is 5.41 Å². The summed E-state index contributed by atoms with van der Waals surface area (Å²) in [6.07, 6.45) is 1.35. The maximum Gasteiger partial charge on any atom is 0.0554 e. The molecule has 0 radical (unpaired) electrons. The Morgan fingerprint density at radius 1 is 1.58 bits per heavy atom. The normalized spacial score (nSPS) is 33.2. The Balaban J connectivity index is 1.67. The van der Waals surface area contributed by atoms with Crippen LogP contribution in [0.5, 0.6) is 0 Å². The Morgan fingerprint density at radius 2 is 2.42 bits per heavy atom. The van der Waals surface area contributed by atoms with Crippen molar-refractivity contribution >= 4 is 11.8 Å². The van der Waals surface area contributed by atoms with Crippen molar-refractivity contribution in [2.75, 3.05) is 31.3 Å². The monoisotopic (exact) mass is 187 g/mol. The van der Waals surface area contributed by atoms with Crippen LogP contribution >= 0.6 is 11.8 Å². The van der Waals surface area contributed by atoms with Crippen LogP contribution in [0.1, 0.15) is 13.3 Å². The van der Waals surface area contributed by atoms with Crippen LogP contribution in [0.15, 0.2) is 0 Å². The fraction of sp³-hybridized carbons (Fsp3) is 1.00. The van der Waals surface area contributed by atoms with E-state index in [9.17, 15) is 0 Å². The molecule has 70 valence electrons. The van der Waals surface area contributed by atoms with Crippen molar-refractivity contribution in [2.24, 2.45) is 5.41 Å². The molecule has 12 heavy (non-hydrogen) atoms. The topological polar surface area (TPSA) is 21.3 Å². The van der Waals surface area contributed by atoms with Crippen molar-refractivity contribution in [3.05, 3.63) is 0 Å². The largest absolute Gasteiger partial charge is 0.380 e. The molecule has 2 saturated heterocycles. The smallest absolute Gasteiger partial charge is 0.0554 e. The van der Waals surface area contributed by atoms with E-state index in [1.165, 1.54) is 17.9 Å². The van der Waals surface area contributed by atoms with E-state index in [4.69, 9.17) is 4.74 Å². The van der Waals surface area contributed by atoms with Gasteiger partial charge in [-0.15, -0.1) is 0 Å². The standard InChI is InChI=1S/C9H17NOS/c1-9(6-11-7-9)5-10-8-2-3-12-4-8/h8,10H,2-7H2,1H3. The second kappa shape index (κ2) is 3.56. The SMILES string of the molecule is CC1(CNC2CCSC2)COC1. The van der Waals surface area contributed by atoms with Crippen molar-refractivity contribution in [3.63, 3.8) is 0 Å². The van der Waals surface area contributed by atoms with E-state index in [2.05, 4.69) is 24.0 Å². The number of hydrogen-bond donors (Lipinski definition) is 1. The third-order valence-corrected chi connectivity index (χ3v) is 3.81. The van der Waals surface area contributed by atoms with E-state index in [0.717, 1.165) is 25.8 Å². The summed E-state index contributed by atoms with van der Waals surface area (Å²) in [5.74, 6) is 2.64.